The average Bonchev–Trinajstić information content (AvgIpc) is 3.29. The SMILES string of the molecule is COc1ccc(-c2ccnc(SCc3ccc(C(=O)N4C5CCC4CC(Oc4cccc(C#N)c4)C5)cc3)n2)cc1. The molecule has 0 saturated carbocycles. The molecule has 7 nitrogen and oxygen atoms in total. The summed E-state index contributed by atoms with van der Waals surface area (Å²) in [6, 6.07) is 27.4. The summed E-state index contributed by atoms with van der Waals surface area (Å²) in [7, 11) is 1.65. The van der Waals surface area contributed by atoms with Crippen LogP contribution in [0.15, 0.2) is 90.2 Å². The number of thioether (sulfide) groups is 1. The molecule has 2 aliphatic rings. The number of benzene rings is 3. The Hall–Kier alpha value is -4.35. The molecule has 3 heterocycles. The van der Waals surface area contributed by atoms with E-state index in [-0.39, 0.29) is 24.1 Å². The van der Waals surface area contributed by atoms with E-state index in [1.165, 1.54) is 0 Å². The molecule has 6 rings (SSSR count). The fourth-order valence-corrected chi connectivity index (χ4v) is 6.55. The largest absolute Gasteiger partial charge is 0.497 e. The minimum Gasteiger partial charge on any atom is -0.497 e. The quantitative estimate of drug-likeness (QED) is 0.178. The van der Waals surface area contributed by atoms with Crippen molar-refractivity contribution in [3.05, 3.63) is 102 Å². The van der Waals surface area contributed by atoms with E-state index in [1.807, 2.05) is 66.7 Å². The smallest absolute Gasteiger partial charge is 0.254 e. The molecule has 2 unspecified atom stereocenters. The highest BCUT2D eigenvalue weighted by atomic mass is 32.2. The Morgan fingerprint density at radius 2 is 1.76 bits per heavy atom. The van der Waals surface area contributed by atoms with Gasteiger partial charge in [-0.3, -0.25) is 4.79 Å². The number of hydrogen-bond donors (Lipinski definition) is 0. The molecule has 0 aliphatic carbocycles. The van der Waals surface area contributed by atoms with Gasteiger partial charge in [0.05, 0.1) is 24.4 Å². The summed E-state index contributed by atoms with van der Waals surface area (Å²) >= 11 is 1.57. The number of fused-ring (bicyclic) bond motifs is 2. The van der Waals surface area contributed by atoms with E-state index in [4.69, 9.17) is 19.7 Å². The van der Waals surface area contributed by atoms with Crippen molar-refractivity contribution in [2.24, 2.45) is 0 Å². The van der Waals surface area contributed by atoms with Gasteiger partial charge in [0.15, 0.2) is 5.16 Å². The predicted octanol–water partition coefficient (Wildman–Crippen LogP) is 6.53. The monoisotopic (exact) mass is 562 g/mol. The van der Waals surface area contributed by atoms with Crippen LogP contribution in [0.4, 0.5) is 0 Å². The number of carbonyl (C=O) groups is 1. The van der Waals surface area contributed by atoms with Crippen LogP contribution in [0.5, 0.6) is 11.5 Å². The summed E-state index contributed by atoms with van der Waals surface area (Å²) in [6.07, 6.45) is 5.45. The van der Waals surface area contributed by atoms with Crippen LogP contribution in [0.3, 0.4) is 0 Å². The second-order valence-corrected chi connectivity index (χ2v) is 11.3. The summed E-state index contributed by atoms with van der Waals surface area (Å²) in [6.45, 7) is 0. The first-order valence-corrected chi connectivity index (χ1v) is 14.8. The number of hydrogen-bond acceptors (Lipinski definition) is 7. The zero-order valence-corrected chi connectivity index (χ0v) is 23.6. The van der Waals surface area contributed by atoms with Gasteiger partial charge in [-0.05, 0) is 79.1 Å². The van der Waals surface area contributed by atoms with Gasteiger partial charge in [-0.15, -0.1) is 0 Å². The van der Waals surface area contributed by atoms with E-state index < -0.39 is 0 Å². The molecule has 2 saturated heterocycles. The Morgan fingerprint density at radius 3 is 2.46 bits per heavy atom. The molecule has 1 amide bonds. The zero-order valence-electron chi connectivity index (χ0n) is 22.8. The molecule has 0 N–H and O–H groups in total. The van der Waals surface area contributed by atoms with Crippen LogP contribution in [0.1, 0.15) is 47.2 Å². The van der Waals surface area contributed by atoms with Crippen molar-refractivity contribution < 1.29 is 14.3 Å². The van der Waals surface area contributed by atoms with Gasteiger partial charge in [0.25, 0.3) is 5.91 Å². The van der Waals surface area contributed by atoms with Crippen molar-refractivity contribution in [1.82, 2.24) is 14.9 Å². The van der Waals surface area contributed by atoms with Crippen molar-refractivity contribution in [2.75, 3.05) is 7.11 Å². The van der Waals surface area contributed by atoms with Crippen LogP contribution in [0, 0.1) is 11.3 Å². The van der Waals surface area contributed by atoms with Gasteiger partial charge < -0.3 is 14.4 Å². The molecule has 2 aliphatic heterocycles. The lowest BCUT2D eigenvalue weighted by Gasteiger charge is -2.39. The molecular formula is C33H30N4O3S. The predicted molar refractivity (Wildman–Crippen MR) is 158 cm³/mol. The Bertz CT molecular complexity index is 1550. The standard InChI is InChI=1S/C33H30N4O3S/c1-39-28-13-9-24(10-14-28)31-15-16-35-33(36-31)41-21-22-5-7-25(8-6-22)32(38)37-26-11-12-27(37)19-30(18-26)40-29-4-2-3-23(17-29)20-34/h2-10,13-17,26-27,30H,11-12,18-19,21H2,1H3. The molecule has 2 bridgehead atoms. The van der Waals surface area contributed by atoms with E-state index in [2.05, 4.69) is 16.0 Å². The van der Waals surface area contributed by atoms with Gasteiger partial charge in [-0.2, -0.15) is 5.26 Å². The number of methoxy groups -OCH3 is 1. The lowest BCUT2D eigenvalue weighted by Crippen LogP contribution is -2.49. The van der Waals surface area contributed by atoms with Gasteiger partial charge >= 0.3 is 0 Å². The van der Waals surface area contributed by atoms with Crippen LogP contribution in [0.2, 0.25) is 0 Å². The Kier molecular flexibility index (Phi) is 7.88. The third kappa shape index (κ3) is 6.06. The topological polar surface area (TPSA) is 88.3 Å². The number of ether oxygens (including phenoxy) is 2. The van der Waals surface area contributed by atoms with Crippen LogP contribution in [-0.2, 0) is 5.75 Å². The molecule has 0 spiro atoms. The number of carbonyl (C=O) groups excluding carboxylic acids is 1. The lowest BCUT2D eigenvalue weighted by atomic mass is 9.98. The highest BCUT2D eigenvalue weighted by Crippen LogP contribution is 2.38. The minimum absolute atomic E-state index is 0.0512. The highest BCUT2D eigenvalue weighted by molar-refractivity contribution is 7.98. The van der Waals surface area contributed by atoms with Gasteiger partial charge in [-0.1, -0.05) is 30.0 Å². The number of nitriles is 1. The van der Waals surface area contributed by atoms with Crippen molar-refractivity contribution in [3.63, 3.8) is 0 Å². The summed E-state index contributed by atoms with van der Waals surface area (Å²) in [5.74, 6) is 2.34. The summed E-state index contributed by atoms with van der Waals surface area (Å²) < 4.78 is 11.5. The van der Waals surface area contributed by atoms with Crippen molar-refractivity contribution >= 4 is 17.7 Å². The van der Waals surface area contributed by atoms with Crippen molar-refractivity contribution in [3.8, 4) is 28.8 Å². The molecule has 1 aromatic heterocycles. The number of nitrogens with zero attached hydrogens (tertiary/aromatic N) is 4. The van der Waals surface area contributed by atoms with Gasteiger partial charge in [0.2, 0.25) is 0 Å². The first-order valence-electron chi connectivity index (χ1n) is 13.8. The Morgan fingerprint density at radius 1 is 1.00 bits per heavy atom. The van der Waals surface area contributed by atoms with E-state index in [9.17, 15) is 4.79 Å². The van der Waals surface area contributed by atoms with E-state index in [0.29, 0.717) is 16.5 Å². The van der Waals surface area contributed by atoms with E-state index in [1.54, 1.807) is 37.2 Å². The Labute approximate surface area is 244 Å². The molecule has 206 valence electrons. The van der Waals surface area contributed by atoms with Crippen molar-refractivity contribution in [2.45, 2.75) is 54.8 Å². The van der Waals surface area contributed by atoms with Crippen LogP contribution in [0.25, 0.3) is 11.3 Å². The van der Waals surface area contributed by atoms with E-state index in [0.717, 1.165) is 59.6 Å². The lowest BCUT2D eigenvalue weighted by molar-refractivity contribution is 0.0359. The molecule has 2 atom stereocenters. The highest BCUT2D eigenvalue weighted by Gasteiger charge is 2.44. The van der Waals surface area contributed by atoms with Crippen LogP contribution < -0.4 is 9.47 Å². The number of piperidine rings is 1. The fraction of sp³-hybridized carbons (Fsp3) is 0.273. The summed E-state index contributed by atoms with van der Waals surface area (Å²) in [5.41, 5.74) is 4.30. The molecule has 41 heavy (non-hydrogen) atoms. The fourth-order valence-electron chi connectivity index (χ4n) is 5.76. The maximum absolute atomic E-state index is 13.5. The second-order valence-electron chi connectivity index (χ2n) is 10.4. The van der Waals surface area contributed by atoms with Crippen LogP contribution in [-0.4, -0.2) is 46.1 Å². The molecule has 3 aromatic carbocycles. The molecule has 2 fully saturated rings. The summed E-state index contributed by atoms with van der Waals surface area (Å²) in [4.78, 5) is 24.7. The maximum Gasteiger partial charge on any atom is 0.254 e. The minimum atomic E-state index is 0.0512. The zero-order chi connectivity index (χ0) is 28.2. The average molecular weight is 563 g/mol. The van der Waals surface area contributed by atoms with Crippen molar-refractivity contribution in [1.29, 1.82) is 5.26 Å². The molecule has 4 aromatic rings. The third-order valence-corrected chi connectivity index (χ3v) is 8.71. The summed E-state index contributed by atoms with van der Waals surface area (Å²) in [5, 5.41) is 9.88. The molecule has 0 radical (unpaired) electrons. The molecule has 8 heteroatoms. The van der Waals surface area contributed by atoms with Gasteiger partial charge in [-0.25, -0.2) is 9.97 Å². The Balaban J connectivity index is 1.05. The first kappa shape index (κ1) is 26.9. The third-order valence-electron chi connectivity index (χ3n) is 7.78. The molecular weight excluding hydrogens is 532 g/mol. The van der Waals surface area contributed by atoms with Crippen LogP contribution >= 0.6 is 11.8 Å². The van der Waals surface area contributed by atoms with E-state index >= 15 is 0 Å². The normalized spacial score (nSPS) is 19.4. The van der Waals surface area contributed by atoms with Gasteiger partial charge in [0, 0.05) is 48.0 Å². The first-order chi connectivity index (χ1) is 20.1. The second kappa shape index (κ2) is 12.0. The number of rotatable bonds is 8. The van der Waals surface area contributed by atoms with Gasteiger partial charge in [0.1, 0.15) is 17.6 Å². The maximum atomic E-state index is 13.5. The number of amides is 1. The number of aromatic nitrogens is 2.